The molecule has 0 saturated carbocycles. The molecule has 0 aliphatic carbocycles. The lowest BCUT2D eigenvalue weighted by Gasteiger charge is -2.26. The van der Waals surface area contributed by atoms with E-state index in [0.29, 0.717) is 31.0 Å². The third kappa shape index (κ3) is 7.44. The molecule has 1 aliphatic heterocycles. The van der Waals surface area contributed by atoms with Crippen molar-refractivity contribution in [3.63, 3.8) is 0 Å². The highest BCUT2D eigenvalue weighted by Crippen LogP contribution is 2.27. The van der Waals surface area contributed by atoms with Crippen LogP contribution in [0.2, 0.25) is 0 Å². The van der Waals surface area contributed by atoms with Crippen LogP contribution in [0.3, 0.4) is 0 Å². The van der Waals surface area contributed by atoms with Gasteiger partial charge in [-0.25, -0.2) is 0 Å². The van der Waals surface area contributed by atoms with Crippen LogP contribution in [0, 0.1) is 0 Å². The Hall–Kier alpha value is -2.32. The highest BCUT2D eigenvalue weighted by Gasteiger charge is 2.12. The molecule has 0 aromatic heterocycles. The van der Waals surface area contributed by atoms with Crippen molar-refractivity contribution >= 4 is 11.8 Å². The SMILES string of the molecule is COc1ccc(CCNC(=O)CC(=O)NCCN2CCOCC2)cc1OC. The Kier molecular flexibility index (Phi) is 8.86. The molecular weight excluding hydrogens is 350 g/mol. The molecule has 2 amide bonds. The Morgan fingerprint density at radius 2 is 1.70 bits per heavy atom. The second kappa shape index (κ2) is 11.4. The molecule has 0 radical (unpaired) electrons. The second-order valence-electron chi connectivity index (χ2n) is 6.27. The van der Waals surface area contributed by atoms with Gasteiger partial charge in [0.25, 0.3) is 0 Å². The molecule has 8 heteroatoms. The van der Waals surface area contributed by atoms with Crippen molar-refractivity contribution in [1.29, 1.82) is 0 Å². The zero-order valence-electron chi connectivity index (χ0n) is 16.1. The maximum Gasteiger partial charge on any atom is 0.229 e. The van der Waals surface area contributed by atoms with Crippen molar-refractivity contribution in [2.75, 3.05) is 60.2 Å². The topological polar surface area (TPSA) is 89.1 Å². The Morgan fingerprint density at radius 1 is 1.04 bits per heavy atom. The first-order valence-electron chi connectivity index (χ1n) is 9.16. The minimum absolute atomic E-state index is 0.158. The van der Waals surface area contributed by atoms with Crippen molar-refractivity contribution in [1.82, 2.24) is 15.5 Å². The van der Waals surface area contributed by atoms with E-state index in [1.54, 1.807) is 14.2 Å². The average molecular weight is 379 g/mol. The number of nitrogens with zero attached hydrogens (tertiary/aromatic N) is 1. The third-order valence-corrected chi connectivity index (χ3v) is 4.36. The van der Waals surface area contributed by atoms with Crippen molar-refractivity contribution in [2.45, 2.75) is 12.8 Å². The fourth-order valence-corrected chi connectivity index (χ4v) is 2.83. The van der Waals surface area contributed by atoms with E-state index in [0.717, 1.165) is 38.4 Å². The van der Waals surface area contributed by atoms with Crippen LogP contribution in [0.5, 0.6) is 11.5 Å². The standard InChI is InChI=1S/C19H29N3O5/c1-25-16-4-3-15(13-17(16)26-2)5-6-20-18(23)14-19(24)21-7-8-22-9-11-27-12-10-22/h3-4,13H,5-12,14H2,1-2H3,(H,20,23)(H,21,24). The number of carbonyl (C=O) groups is 2. The molecule has 0 bridgehead atoms. The Labute approximate surface area is 160 Å². The molecule has 27 heavy (non-hydrogen) atoms. The number of hydrogen-bond donors (Lipinski definition) is 2. The molecule has 2 rings (SSSR count). The summed E-state index contributed by atoms with van der Waals surface area (Å²) in [5.74, 6) is 0.784. The van der Waals surface area contributed by atoms with Gasteiger partial charge in [-0.1, -0.05) is 6.07 Å². The van der Waals surface area contributed by atoms with Gasteiger partial charge < -0.3 is 24.8 Å². The molecule has 8 nitrogen and oxygen atoms in total. The van der Waals surface area contributed by atoms with Gasteiger partial charge in [0.05, 0.1) is 27.4 Å². The van der Waals surface area contributed by atoms with Gasteiger partial charge in [-0.2, -0.15) is 0 Å². The Morgan fingerprint density at radius 3 is 2.37 bits per heavy atom. The maximum atomic E-state index is 11.9. The summed E-state index contributed by atoms with van der Waals surface area (Å²) in [5.41, 5.74) is 1.02. The smallest absolute Gasteiger partial charge is 0.229 e. The van der Waals surface area contributed by atoms with Gasteiger partial charge in [0.1, 0.15) is 6.42 Å². The van der Waals surface area contributed by atoms with Gasteiger partial charge in [0.15, 0.2) is 11.5 Å². The molecule has 1 fully saturated rings. The number of carbonyl (C=O) groups excluding carboxylic acids is 2. The lowest BCUT2D eigenvalue weighted by Crippen LogP contribution is -2.42. The van der Waals surface area contributed by atoms with Crippen molar-refractivity contribution < 1.29 is 23.8 Å². The molecule has 1 saturated heterocycles. The summed E-state index contributed by atoms with van der Waals surface area (Å²) in [6.07, 6.45) is 0.486. The summed E-state index contributed by atoms with van der Waals surface area (Å²) < 4.78 is 15.7. The predicted octanol–water partition coefficient (Wildman–Crippen LogP) is 0.201. The number of hydrogen-bond acceptors (Lipinski definition) is 6. The minimum Gasteiger partial charge on any atom is -0.493 e. The Balaban J connectivity index is 1.61. The second-order valence-corrected chi connectivity index (χ2v) is 6.27. The first kappa shape index (κ1) is 21.0. The van der Waals surface area contributed by atoms with E-state index in [2.05, 4.69) is 15.5 Å². The highest BCUT2D eigenvalue weighted by molar-refractivity contribution is 5.96. The van der Waals surface area contributed by atoms with Crippen LogP contribution in [0.25, 0.3) is 0 Å². The number of nitrogens with one attached hydrogen (secondary N) is 2. The fourth-order valence-electron chi connectivity index (χ4n) is 2.83. The van der Waals surface area contributed by atoms with Crippen LogP contribution in [0.4, 0.5) is 0 Å². The summed E-state index contributed by atoms with van der Waals surface area (Å²) in [5, 5.41) is 5.55. The molecule has 0 unspecified atom stereocenters. The first-order valence-corrected chi connectivity index (χ1v) is 9.16. The van der Waals surface area contributed by atoms with Crippen molar-refractivity contribution in [3.05, 3.63) is 23.8 Å². The molecule has 1 heterocycles. The number of benzene rings is 1. The fraction of sp³-hybridized carbons (Fsp3) is 0.579. The quantitative estimate of drug-likeness (QED) is 0.565. The van der Waals surface area contributed by atoms with E-state index < -0.39 is 0 Å². The summed E-state index contributed by atoms with van der Waals surface area (Å²) >= 11 is 0. The summed E-state index contributed by atoms with van der Waals surface area (Å²) in [6.45, 7) is 5.00. The van der Waals surface area contributed by atoms with E-state index in [-0.39, 0.29) is 18.2 Å². The van der Waals surface area contributed by atoms with Gasteiger partial charge in [0, 0.05) is 32.7 Å². The number of ether oxygens (including phenoxy) is 3. The van der Waals surface area contributed by atoms with Gasteiger partial charge in [0.2, 0.25) is 11.8 Å². The predicted molar refractivity (Wildman–Crippen MR) is 101 cm³/mol. The molecule has 0 spiro atoms. The molecule has 150 valence electrons. The van der Waals surface area contributed by atoms with Crippen LogP contribution in [-0.4, -0.2) is 76.9 Å². The number of rotatable bonds is 10. The summed E-state index contributed by atoms with van der Waals surface area (Å²) in [6, 6.07) is 5.63. The van der Waals surface area contributed by atoms with E-state index in [4.69, 9.17) is 14.2 Å². The zero-order chi connectivity index (χ0) is 19.5. The van der Waals surface area contributed by atoms with Gasteiger partial charge in [-0.3, -0.25) is 14.5 Å². The zero-order valence-corrected chi connectivity index (χ0v) is 16.1. The molecule has 1 aromatic carbocycles. The van der Waals surface area contributed by atoms with Crippen LogP contribution < -0.4 is 20.1 Å². The molecule has 0 atom stereocenters. The normalized spacial score (nSPS) is 14.4. The summed E-state index contributed by atoms with van der Waals surface area (Å²) in [7, 11) is 3.17. The van der Waals surface area contributed by atoms with Crippen LogP contribution in [-0.2, 0) is 20.7 Å². The summed E-state index contributed by atoms with van der Waals surface area (Å²) in [4.78, 5) is 26.0. The molecule has 2 N–H and O–H groups in total. The van der Waals surface area contributed by atoms with Gasteiger partial charge >= 0.3 is 0 Å². The number of morpholine rings is 1. The molecule has 1 aliphatic rings. The van der Waals surface area contributed by atoms with Crippen LogP contribution in [0.15, 0.2) is 18.2 Å². The van der Waals surface area contributed by atoms with E-state index in [9.17, 15) is 9.59 Å². The minimum atomic E-state index is -0.278. The first-order chi connectivity index (χ1) is 13.1. The van der Waals surface area contributed by atoms with Crippen LogP contribution in [0.1, 0.15) is 12.0 Å². The lowest BCUT2D eigenvalue weighted by atomic mass is 10.1. The number of methoxy groups -OCH3 is 2. The van der Waals surface area contributed by atoms with Crippen LogP contribution >= 0.6 is 0 Å². The Bertz CT molecular complexity index is 617. The molecular formula is C19H29N3O5. The van der Waals surface area contributed by atoms with Gasteiger partial charge in [-0.15, -0.1) is 0 Å². The molecule has 1 aromatic rings. The van der Waals surface area contributed by atoms with Crippen molar-refractivity contribution in [2.24, 2.45) is 0 Å². The van der Waals surface area contributed by atoms with E-state index in [1.807, 2.05) is 18.2 Å². The monoisotopic (exact) mass is 379 g/mol. The van der Waals surface area contributed by atoms with Gasteiger partial charge in [-0.05, 0) is 24.1 Å². The largest absolute Gasteiger partial charge is 0.493 e. The lowest BCUT2D eigenvalue weighted by molar-refractivity contribution is -0.129. The van der Waals surface area contributed by atoms with Crippen molar-refractivity contribution in [3.8, 4) is 11.5 Å². The number of amides is 2. The third-order valence-electron chi connectivity index (χ3n) is 4.36. The van der Waals surface area contributed by atoms with E-state index in [1.165, 1.54) is 0 Å². The highest BCUT2D eigenvalue weighted by atomic mass is 16.5. The average Bonchev–Trinajstić information content (AvgIpc) is 2.68. The maximum absolute atomic E-state index is 11.9. The van der Waals surface area contributed by atoms with E-state index >= 15 is 0 Å².